The van der Waals surface area contributed by atoms with Gasteiger partial charge in [-0.15, -0.1) is 45.3 Å². The van der Waals surface area contributed by atoms with Gasteiger partial charge in [0.25, 0.3) is 0 Å². The van der Waals surface area contributed by atoms with Crippen molar-refractivity contribution in [1.82, 2.24) is 37.2 Å². The number of halogens is 4. The first-order valence-electron chi connectivity index (χ1n) is 33.5. The number of aryl methyl sites for hydroxylation is 5. The van der Waals surface area contributed by atoms with Crippen LogP contribution in [0.25, 0.3) is 40.9 Å². The normalized spacial score (nSPS) is 13.8. The van der Waals surface area contributed by atoms with E-state index in [2.05, 4.69) is 59.2 Å². The summed E-state index contributed by atoms with van der Waals surface area (Å²) in [5.74, 6) is 0.455. The number of sulfonamides is 1. The van der Waals surface area contributed by atoms with Crippen molar-refractivity contribution >= 4 is 176 Å². The fourth-order valence-corrected chi connectivity index (χ4v) is 19.7. The SMILES string of the molecule is COc1ccc(C(=O)c2cc3cc(C)n(CCN4CCOCC4)c3s2)cc1.Cc1cc2cc(C(=O)c3cccc(Cl)c3Cl)sc2n1CCCNS(C)(=O)=O.Cc1cc2cc(C(=O)c3cccc(Cl)c3Cl)sc2n1S(=O)(=O)C(C)C.Cc1cc2cc(C(=O)c3ccncc3)sc2n1CCN1CCOCC1. The van der Waals surface area contributed by atoms with Gasteiger partial charge < -0.3 is 27.9 Å². The van der Waals surface area contributed by atoms with Gasteiger partial charge in [0.2, 0.25) is 43.2 Å². The lowest BCUT2D eigenvalue weighted by Gasteiger charge is -2.26. The second kappa shape index (κ2) is 34.3. The average Bonchev–Trinajstić information content (AvgIpc) is 1.63. The van der Waals surface area contributed by atoms with Gasteiger partial charge in [-0.05, 0) is 157 Å². The number of fused-ring (bicyclic) bond motifs is 4. The van der Waals surface area contributed by atoms with Crippen LogP contribution in [0.5, 0.6) is 5.75 Å². The molecule has 0 radical (unpaired) electrons. The minimum Gasteiger partial charge on any atom is -0.497 e. The summed E-state index contributed by atoms with van der Waals surface area (Å²) in [6.45, 7) is 23.5. The molecule has 2 aliphatic rings. The molecule has 12 aromatic rings. The monoisotopic (exact) mass is 1600 g/mol. The molecule has 0 aliphatic carbocycles. The van der Waals surface area contributed by atoms with Crippen molar-refractivity contribution in [2.45, 2.75) is 72.8 Å². The molecule has 19 nitrogen and oxygen atoms in total. The minimum absolute atomic E-state index is 0.0660. The Kier molecular flexibility index (Phi) is 25.8. The van der Waals surface area contributed by atoms with E-state index >= 15 is 0 Å². The molecule has 104 heavy (non-hydrogen) atoms. The number of hydrogen-bond acceptors (Lipinski definition) is 18. The maximum absolute atomic E-state index is 12.9. The number of nitrogens with zero attached hydrogens (tertiary/aromatic N) is 7. The molecule has 14 rings (SSSR count). The Morgan fingerprint density at radius 3 is 1.31 bits per heavy atom. The van der Waals surface area contributed by atoms with E-state index < -0.39 is 25.3 Å². The molecule has 548 valence electrons. The number of aromatic nitrogens is 5. The molecular weight excluding hydrogens is 1520 g/mol. The van der Waals surface area contributed by atoms with E-state index in [-0.39, 0.29) is 33.2 Å². The first kappa shape index (κ1) is 78.2. The zero-order chi connectivity index (χ0) is 74.3. The molecule has 0 spiro atoms. The highest BCUT2D eigenvalue weighted by Gasteiger charge is 2.28. The van der Waals surface area contributed by atoms with Gasteiger partial charge in [0.05, 0.1) is 84.6 Å². The number of benzene rings is 3. The fraction of sp³-hybridized carbons (Fsp3) is 0.320. The molecular formula is C75H78Cl4N8O11S6. The number of carbonyl (C=O) groups excluding carboxylic acids is 4. The predicted octanol–water partition coefficient (Wildman–Crippen LogP) is 16.2. The second-order valence-corrected chi connectivity index (χ2v) is 35.2. The Morgan fingerprint density at radius 1 is 0.510 bits per heavy atom. The van der Waals surface area contributed by atoms with Crippen LogP contribution in [0.15, 0.2) is 134 Å². The van der Waals surface area contributed by atoms with Crippen LogP contribution < -0.4 is 9.46 Å². The van der Waals surface area contributed by atoms with Crippen LogP contribution >= 0.6 is 91.8 Å². The number of methoxy groups -OCH3 is 1. The van der Waals surface area contributed by atoms with Crippen LogP contribution in [-0.4, -0.2) is 163 Å². The van der Waals surface area contributed by atoms with Crippen molar-refractivity contribution in [2.24, 2.45) is 0 Å². The van der Waals surface area contributed by atoms with Gasteiger partial charge >= 0.3 is 0 Å². The Hall–Kier alpha value is -6.89. The molecule has 0 amide bonds. The van der Waals surface area contributed by atoms with Gasteiger partial charge in [-0.25, -0.2) is 25.5 Å². The van der Waals surface area contributed by atoms with Crippen molar-refractivity contribution in [3.8, 4) is 5.75 Å². The van der Waals surface area contributed by atoms with E-state index in [1.165, 1.54) is 36.4 Å². The molecule has 2 saturated heterocycles. The summed E-state index contributed by atoms with van der Waals surface area (Å²) in [5.41, 5.74) is 6.24. The standard InChI is InChI=1S/C21H24N2O3S.C19H21N3O2S.C18H18Cl2N2O3S2.C17H15Cl2NO3S2/c1-15-13-17-14-19(20(24)16-3-5-18(25-2)6-4-16)27-21(17)23(15)8-7-22-9-11-26-12-10-22;1-14-12-16-13-17(18(23)15-2-4-20-5-3-15)25-19(16)22(14)7-6-21-8-10-24-11-9-21;1-11-9-12-10-15(17(23)13-5-3-6-14(19)16(13)20)26-18(12)22(11)8-4-7-21-27(2,24)25;1-9(2)25(22,23)20-10(3)7-11-8-14(24-17(11)20)16(21)12-5-4-6-13(18)15(12)19/h3-6,13-14H,7-12H2,1-2H3;2-5,12-13H,6-11H2,1H3;3,5-6,9-10,21H,4,7-8H2,1-2H3;4-9H,1-3H3. The predicted molar refractivity (Wildman–Crippen MR) is 424 cm³/mol. The Morgan fingerprint density at radius 2 is 0.894 bits per heavy atom. The number of rotatable bonds is 22. The maximum Gasteiger partial charge on any atom is 0.242 e. The molecule has 2 fully saturated rings. The number of ketones is 4. The van der Waals surface area contributed by atoms with Crippen molar-refractivity contribution in [1.29, 1.82) is 0 Å². The first-order valence-corrected chi connectivity index (χ1v) is 41.7. The summed E-state index contributed by atoms with van der Waals surface area (Å²) in [6.07, 6.45) is 5.11. The van der Waals surface area contributed by atoms with E-state index in [4.69, 9.17) is 60.6 Å². The largest absolute Gasteiger partial charge is 0.497 e. The van der Waals surface area contributed by atoms with Crippen LogP contribution in [0.3, 0.4) is 0 Å². The molecule has 9 aromatic heterocycles. The first-order chi connectivity index (χ1) is 49.7. The third kappa shape index (κ3) is 18.2. The lowest BCUT2D eigenvalue weighted by Crippen LogP contribution is -2.38. The maximum atomic E-state index is 12.9. The molecule has 1 N–H and O–H groups in total. The van der Waals surface area contributed by atoms with Gasteiger partial charge in [0.1, 0.15) is 25.1 Å². The minimum atomic E-state index is -3.51. The molecule has 0 bridgehead atoms. The summed E-state index contributed by atoms with van der Waals surface area (Å²) in [4.78, 5) is 66.4. The van der Waals surface area contributed by atoms with Crippen LogP contribution in [0.4, 0.5) is 0 Å². The summed E-state index contributed by atoms with van der Waals surface area (Å²) in [6, 6.07) is 36.4. The summed E-state index contributed by atoms with van der Waals surface area (Å²) in [7, 11) is -5.08. The van der Waals surface area contributed by atoms with E-state index in [9.17, 15) is 36.0 Å². The number of hydrogen-bond donors (Lipinski definition) is 1. The number of thiophene rings is 4. The summed E-state index contributed by atoms with van der Waals surface area (Å²) < 4.78 is 74.1. The van der Waals surface area contributed by atoms with Gasteiger partial charge in [0, 0.05) is 144 Å². The third-order valence-electron chi connectivity index (χ3n) is 17.8. The van der Waals surface area contributed by atoms with Crippen LogP contribution in [0, 0.1) is 27.7 Å². The van der Waals surface area contributed by atoms with Crippen LogP contribution in [-0.2, 0) is 49.2 Å². The molecule has 3 aromatic carbocycles. The van der Waals surface area contributed by atoms with Crippen molar-refractivity contribution in [3.05, 3.63) is 218 Å². The van der Waals surface area contributed by atoms with E-state index in [1.807, 2.05) is 55.5 Å². The topological polar surface area (TPSA) is 215 Å². The van der Waals surface area contributed by atoms with E-state index in [0.29, 0.717) is 77.5 Å². The fourth-order valence-electron chi connectivity index (χ4n) is 12.2. The van der Waals surface area contributed by atoms with Gasteiger partial charge in [0.15, 0.2) is 0 Å². The Bertz CT molecular complexity index is 5350. The second-order valence-electron chi connectivity index (χ2n) is 25.4. The highest BCUT2D eigenvalue weighted by Crippen LogP contribution is 2.38. The Labute approximate surface area is 640 Å². The van der Waals surface area contributed by atoms with Gasteiger partial charge in [-0.2, -0.15) is 0 Å². The summed E-state index contributed by atoms with van der Waals surface area (Å²) >= 11 is 30.0. The van der Waals surface area contributed by atoms with Crippen LogP contribution in [0.2, 0.25) is 20.1 Å². The number of morpholine rings is 2. The van der Waals surface area contributed by atoms with E-state index in [1.54, 1.807) is 124 Å². The van der Waals surface area contributed by atoms with Crippen molar-refractivity contribution in [2.75, 3.05) is 85.6 Å². The Balaban J connectivity index is 0.000000139. The van der Waals surface area contributed by atoms with Crippen molar-refractivity contribution < 1.29 is 50.2 Å². The van der Waals surface area contributed by atoms with Gasteiger partial charge in [-0.3, -0.25) is 34.0 Å². The van der Waals surface area contributed by atoms with Crippen LogP contribution in [0.1, 0.15) is 104 Å². The smallest absolute Gasteiger partial charge is 0.242 e. The number of pyridine rings is 1. The average molecular weight is 1600 g/mol. The lowest BCUT2D eigenvalue weighted by molar-refractivity contribution is 0.0364. The zero-order valence-corrected chi connectivity index (χ0v) is 66.4. The van der Waals surface area contributed by atoms with Crippen molar-refractivity contribution in [3.63, 3.8) is 0 Å². The quantitative estimate of drug-likeness (QED) is 0.0493. The molecule has 29 heteroatoms. The highest BCUT2D eigenvalue weighted by molar-refractivity contribution is 7.90. The lowest BCUT2D eigenvalue weighted by atomic mass is 10.1. The number of carbonyl (C=O) groups is 4. The molecule has 2 aliphatic heterocycles. The highest BCUT2D eigenvalue weighted by atomic mass is 35.5. The summed E-state index contributed by atoms with van der Waals surface area (Å²) in [5, 5.41) is 4.54. The van der Waals surface area contributed by atoms with E-state index in [0.717, 1.165) is 139 Å². The molecule has 0 saturated carbocycles. The number of nitrogens with one attached hydrogen (secondary N) is 1. The number of ether oxygens (including phenoxy) is 3. The van der Waals surface area contributed by atoms with Gasteiger partial charge in [-0.1, -0.05) is 58.5 Å². The molecule has 11 heterocycles. The zero-order valence-electron chi connectivity index (χ0n) is 58.5. The third-order valence-corrected chi connectivity index (χ3v) is 27.1. The molecule has 0 atom stereocenters. The molecule has 0 unspecified atom stereocenters.